The predicted octanol–water partition coefficient (Wildman–Crippen LogP) is 1.42. The van der Waals surface area contributed by atoms with Crippen LogP contribution in [0.4, 0.5) is 5.69 Å². The fourth-order valence-corrected chi connectivity index (χ4v) is 4.07. The molecule has 0 aromatic heterocycles. The second kappa shape index (κ2) is 4.43. The van der Waals surface area contributed by atoms with Crippen LogP contribution in [-0.2, 0) is 14.6 Å². The van der Waals surface area contributed by atoms with Crippen LogP contribution in [0.3, 0.4) is 0 Å². The maximum absolute atomic E-state index is 12.7. The van der Waals surface area contributed by atoms with Crippen molar-refractivity contribution >= 4 is 21.4 Å². The summed E-state index contributed by atoms with van der Waals surface area (Å²) in [4.78, 5) is 12.3. The molecule has 0 fully saturated rings. The molecule has 1 aliphatic rings. The van der Waals surface area contributed by atoms with Crippen LogP contribution in [-0.4, -0.2) is 14.3 Å². The first kappa shape index (κ1) is 12.8. The fourth-order valence-electron chi connectivity index (χ4n) is 2.35. The number of fused-ring (bicyclic) bond motifs is 1. The van der Waals surface area contributed by atoms with E-state index in [0.29, 0.717) is 11.3 Å². The van der Waals surface area contributed by atoms with Crippen LogP contribution in [0.5, 0.6) is 0 Å². The number of carbonyl (C=O) groups excluding carboxylic acids is 1. The van der Waals surface area contributed by atoms with Crippen LogP contribution in [0.2, 0.25) is 0 Å². The van der Waals surface area contributed by atoms with Crippen molar-refractivity contribution in [2.24, 2.45) is 5.84 Å². The van der Waals surface area contributed by atoms with E-state index in [-0.39, 0.29) is 4.90 Å². The van der Waals surface area contributed by atoms with Gasteiger partial charge in [0.15, 0.2) is 15.1 Å². The number of anilines is 1. The van der Waals surface area contributed by atoms with Gasteiger partial charge in [0.1, 0.15) is 0 Å². The average Bonchev–Trinajstić information content (AvgIpc) is 2.73. The Kier molecular flexibility index (Phi) is 2.84. The third-order valence-corrected chi connectivity index (χ3v) is 5.33. The topological polar surface area (TPSA) is 80.5 Å². The molecule has 0 spiro atoms. The van der Waals surface area contributed by atoms with Crippen LogP contribution in [0.15, 0.2) is 59.5 Å². The summed E-state index contributed by atoms with van der Waals surface area (Å²) in [6.45, 7) is 0. The lowest BCUT2D eigenvalue weighted by Crippen LogP contribution is -2.37. The molecule has 102 valence electrons. The summed E-state index contributed by atoms with van der Waals surface area (Å²) >= 11 is 0. The monoisotopic (exact) mass is 288 g/mol. The molecular formula is C14H12N2O3S. The summed E-state index contributed by atoms with van der Waals surface area (Å²) in [5.41, 5.74) is 0.853. The van der Waals surface area contributed by atoms with Crippen molar-refractivity contribution in [1.29, 1.82) is 0 Å². The van der Waals surface area contributed by atoms with E-state index in [9.17, 15) is 13.2 Å². The predicted molar refractivity (Wildman–Crippen MR) is 74.5 cm³/mol. The summed E-state index contributed by atoms with van der Waals surface area (Å²) in [7, 11) is -3.81. The van der Waals surface area contributed by atoms with Crippen LogP contribution in [0.25, 0.3) is 0 Å². The molecule has 1 heterocycles. The first-order valence-corrected chi connectivity index (χ1v) is 7.54. The Morgan fingerprint density at radius 3 is 2.25 bits per heavy atom. The number of amides is 1. The highest BCUT2D eigenvalue weighted by molar-refractivity contribution is 7.92. The molecule has 2 N–H and O–H groups in total. The molecular weight excluding hydrogens is 276 g/mol. The highest BCUT2D eigenvalue weighted by atomic mass is 32.2. The molecule has 20 heavy (non-hydrogen) atoms. The number of rotatable bonds is 2. The first-order valence-electron chi connectivity index (χ1n) is 6.00. The van der Waals surface area contributed by atoms with E-state index in [4.69, 9.17) is 5.84 Å². The lowest BCUT2D eigenvalue weighted by atomic mass is 10.2. The second-order valence-corrected chi connectivity index (χ2v) is 6.54. The molecule has 1 aliphatic heterocycles. The van der Waals surface area contributed by atoms with Gasteiger partial charge in [0.2, 0.25) is 0 Å². The van der Waals surface area contributed by atoms with Crippen molar-refractivity contribution in [2.45, 2.75) is 10.1 Å². The minimum Gasteiger partial charge on any atom is -0.271 e. The summed E-state index contributed by atoms with van der Waals surface area (Å²) in [6.07, 6.45) is 0. The van der Waals surface area contributed by atoms with Crippen molar-refractivity contribution in [3.63, 3.8) is 0 Å². The van der Waals surface area contributed by atoms with Gasteiger partial charge in [-0.15, -0.1) is 0 Å². The van der Waals surface area contributed by atoms with Crippen LogP contribution in [0.1, 0.15) is 10.8 Å². The van der Waals surface area contributed by atoms with E-state index in [0.717, 1.165) is 5.01 Å². The van der Waals surface area contributed by atoms with Crippen LogP contribution >= 0.6 is 0 Å². The molecule has 0 aliphatic carbocycles. The van der Waals surface area contributed by atoms with E-state index in [2.05, 4.69) is 0 Å². The van der Waals surface area contributed by atoms with E-state index < -0.39 is 21.0 Å². The third kappa shape index (κ3) is 1.73. The molecule has 5 nitrogen and oxygen atoms in total. The molecule has 0 saturated heterocycles. The maximum Gasteiger partial charge on any atom is 0.264 e. The van der Waals surface area contributed by atoms with Crippen molar-refractivity contribution in [2.75, 3.05) is 5.01 Å². The zero-order valence-corrected chi connectivity index (χ0v) is 11.2. The quantitative estimate of drug-likeness (QED) is 0.669. The van der Waals surface area contributed by atoms with E-state index in [1.54, 1.807) is 42.5 Å². The smallest absolute Gasteiger partial charge is 0.264 e. The SMILES string of the molecule is NN1C(=O)C(S(=O)(=O)c2ccccc2)c2ccccc21. The average molecular weight is 288 g/mol. The normalized spacial score (nSPS) is 18.1. The highest BCUT2D eigenvalue weighted by Gasteiger charge is 2.45. The van der Waals surface area contributed by atoms with Gasteiger partial charge in [-0.3, -0.25) is 4.79 Å². The van der Waals surface area contributed by atoms with E-state index in [1.165, 1.54) is 12.1 Å². The molecule has 6 heteroatoms. The second-order valence-electron chi connectivity index (χ2n) is 4.51. The fraction of sp³-hybridized carbons (Fsp3) is 0.0714. The number of benzene rings is 2. The minimum absolute atomic E-state index is 0.114. The Labute approximate surface area is 116 Å². The molecule has 0 radical (unpaired) electrons. The summed E-state index contributed by atoms with van der Waals surface area (Å²) in [5, 5.41) is -0.369. The summed E-state index contributed by atoms with van der Waals surface area (Å²) < 4.78 is 25.3. The molecule has 3 rings (SSSR count). The van der Waals surface area contributed by atoms with Crippen molar-refractivity contribution < 1.29 is 13.2 Å². The largest absolute Gasteiger partial charge is 0.271 e. The Hall–Kier alpha value is -2.18. The standard InChI is InChI=1S/C14H12N2O3S/c15-16-12-9-5-4-8-11(12)13(14(16)17)20(18,19)10-6-2-1-3-7-10/h1-9,13H,15H2. The molecule has 2 aromatic rings. The lowest BCUT2D eigenvalue weighted by Gasteiger charge is -2.12. The number of hydrazine groups is 1. The number of sulfone groups is 1. The third-order valence-electron chi connectivity index (χ3n) is 3.32. The number of para-hydroxylation sites is 1. The minimum atomic E-state index is -3.81. The molecule has 1 atom stereocenters. The molecule has 0 saturated carbocycles. The van der Waals surface area contributed by atoms with Gasteiger partial charge in [-0.25, -0.2) is 19.3 Å². The maximum atomic E-state index is 12.7. The first-order chi connectivity index (χ1) is 9.53. The number of nitrogens with two attached hydrogens (primary N) is 1. The van der Waals surface area contributed by atoms with Gasteiger partial charge < -0.3 is 0 Å². The van der Waals surface area contributed by atoms with Crippen LogP contribution in [0, 0.1) is 0 Å². The van der Waals surface area contributed by atoms with Gasteiger partial charge in [0, 0.05) is 5.56 Å². The number of hydrogen-bond acceptors (Lipinski definition) is 4. The van der Waals surface area contributed by atoms with Gasteiger partial charge in [0.25, 0.3) is 5.91 Å². The van der Waals surface area contributed by atoms with Gasteiger partial charge in [0.05, 0.1) is 10.6 Å². The van der Waals surface area contributed by atoms with Crippen LogP contribution < -0.4 is 10.9 Å². The lowest BCUT2D eigenvalue weighted by molar-refractivity contribution is -0.117. The number of hydrogen-bond donors (Lipinski definition) is 1. The summed E-state index contributed by atoms with van der Waals surface area (Å²) in [6, 6.07) is 14.6. The molecule has 0 bridgehead atoms. The van der Waals surface area contributed by atoms with Gasteiger partial charge in [-0.1, -0.05) is 36.4 Å². The van der Waals surface area contributed by atoms with Crippen molar-refractivity contribution in [3.05, 3.63) is 60.2 Å². The zero-order chi connectivity index (χ0) is 14.3. The molecule has 1 amide bonds. The zero-order valence-electron chi connectivity index (χ0n) is 10.4. The number of carbonyl (C=O) groups is 1. The summed E-state index contributed by atoms with van der Waals surface area (Å²) in [5.74, 6) is 5.04. The van der Waals surface area contributed by atoms with Gasteiger partial charge >= 0.3 is 0 Å². The molecule has 1 unspecified atom stereocenters. The Morgan fingerprint density at radius 1 is 0.950 bits per heavy atom. The van der Waals surface area contributed by atoms with Gasteiger partial charge in [-0.2, -0.15) is 0 Å². The Balaban J connectivity index is 2.19. The molecule has 2 aromatic carbocycles. The Morgan fingerprint density at radius 2 is 1.55 bits per heavy atom. The van der Waals surface area contributed by atoms with E-state index >= 15 is 0 Å². The van der Waals surface area contributed by atoms with E-state index in [1.807, 2.05) is 0 Å². The van der Waals surface area contributed by atoms with Crippen molar-refractivity contribution in [3.8, 4) is 0 Å². The highest BCUT2D eigenvalue weighted by Crippen LogP contribution is 2.40. The van der Waals surface area contributed by atoms with Gasteiger partial charge in [-0.05, 0) is 18.2 Å². The van der Waals surface area contributed by atoms with Crippen molar-refractivity contribution in [1.82, 2.24) is 0 Å². The number of nitrogens with zero attached hydrogens (tertiary/aromatic N) is 1. The Bertz CT molecular complexity index is 772.